The number of rotatable bonds is 0. The summed E-state index contributed by atoms with van der Waals surface area (Å²) in [7, 11) is 0. The van der Waals surface area contributed by atoms with Crippen molar-refractivity contribution in [3.05, 3.63) is 0 Å². The van der Waals surface area contributed by atoms with Gasteiger partial charge in [-0.2, -0.15) is 0 Å². The molecule has 26 heavy (non-hydrogen) atoms. The first-order chi connectivity index (χ1) is 12.4. The molecule has 7 atom stereocenters. The molecule has 0 radical (unpaired) electrons. The molecule has 0 aromatic heterocycles. The van der Waals surface area contributed by atoms with Crippen LogP contribution in [0.2, 0.25) is 0 Å². The second kappa shape index (κ2) is 5.49. The number of hydrogen-bond donors (Lipinski definition) is 1. The highest BCUT2D eigenvalue weighted by molar-refractivity contribution is 5.23. The van der Waals surface area contributed by atoms with E-state index in [1.54, 1.807) is 0 Å². The van der Waals surface area contributed by atoms with Crippen molar-refractivity contribution in [3.8, 4) is 12.3 Å². The maximum absolute atomic E-state index is 11.1. The highest BCUT2D eigenvalue weighted by Crippen LogP contribution is 2.69. The van der Waals surface area contributed by atoms with Crippen LogP contribution < -0.4 is 0 Å². The predicted octanol–water partition coefficient (Wildman–Crippen LogP) is 4.14. The third kappa shape index (κ3) is 2.07. The average molecular weight is 359 g/mol. The van der Waals surface area contributed by atoms with Gasteiger partial charge in [0.25, 0.3) is 0 Å². The van der Waals surface area contributed by atoms with Crippen LogP contribution in [0, 0.1) is 46.8 Å². The molecule has 1 spiro atoms. The van der Waals surface area contributed by atoms with Gasteiger partial charge in [0.05, 0.1) is 13.2 Å². The Hall–Kier alpha value is -0.560. The minimum absolute atomic E-state index is 0.0837. The second-order valence-corrected chi connectivity index (χ2v) is 10.5. The summed E-state index contributed by atoms with van der Waals surface area (Å²) in [6.07, 6.45) is 15.9. The highest BCUT2D eigenvalue weighted by Gasteiger charge is 2.65. The SMILES string of the molecule is C#C[C@@]1(O)CC[C@@H]2[C@H]3CC[C@@H]4CC5(CC[C@@]4(C)[C@H]3CC[C@]21C)OCCO5. The summed E-state index contributed by atoms with van der Waals surface area (Å²) in [6.45, 7) is 6.37. The Morgan fingerprint density at radius 1 is 0.923 bits per heavy atom. The van der Waals surface area contributed by atoms with Crippen molar-refractivity contribution in [1.82, 2.24) is 0 Å². The van der Waals surface area contributed by atoms with E-state index in [2.05, 4.69) is 19.8 Å². The summed E-state index contributed by atoms with van der Waals surface area (Å²) in [5, 5.41) is 11.1. The van der Waals surface area contributed by atoms with E-state index in [-0.39, 0.29) is 11.2 Å². The molecular formula is C23H34O3. The molecule has 144 valence electrons. The fraction of sp³-hybridized carbons (Fsp3) is 0.913. The second-order valence-electron chi connectivity index (χ2n) is 10.5. The highest BCUT2D eigenvalue weighted by atomic mass is 16.7. The third-order valence-electron chi connectivity index (χ3n) is 9.87. The van der Waals surface area contributed by atoms with Crippen molar-refractivity contribution in [2.45, 2.75) is 83.0 Å². The summed E-state index contributed by atoms with van der Waals surface area (Å²) in [4.78, 5) is 0. The normalized spacial score (nSPS) is 55.0. The largest absolute Gasteiger partial charge is 0.377 e. The molecule has 3 nitrogen and oxygen atoms in total. The Kier molecular flexibility index (Phi) is 3.70. The summed E-state index contributed by atoms with van der Waals surface area (Å²) in [5.41, 5.74) is -0.566. The minimum atomic E-state index is -0.886. The van der Waals surface area contributed by atoms with Crippen LogP contribution in [0.15, 0.2) is 0 Å². The first-order valence-corrected chi connectivity index (χ1v) is 10.8. The molecule has 4 aliphatic carbocycles. The lowest BCUT2D eigenvalue weighted by Crippen LogP contribution is -2.58. The monoisotopic (exact) mass is 358 g/mol. The fourth-order valence-corrected chi connectivity index (χ4v) is 8.21. The number of terminal acetylenes is 1. The van der Waals surface area contributed by atoms with Crippen LogP contribution in [0.4, 0.5) is 0 Å². The zero-order valence-electron chi connectivity index (χ0n) is 16.4. The van der Waals surface area contributed by atoms with E-state index < -0.39 is 5.60 Å². The van der Waals surface area contributed by atoms with Crippen LogP contribution in [-0.2, 0) is 9.47 Å². The fourth-order valence-electron chi connectivity index (χ4n) is 8.21. The number of hydrogen-bond acceptors (Lipinski definition) is 3. The van der Waals surface area contributed by atoms with Crippen LogP contribution in [0.1, 0.15) is 71.6 Å². The lowest BCUT2D eigenvalue weighted by Gasteiger charge is -2.62. The smallest absolute Gasteiger partial charge is 0.168 e. The lowest BCUT2D eigenvalue weighted by atomic mass is 9.44. The van der Waals surface area contributed by atoms with Gasteiger partial charge in [-0.15, -0.1) is 6.42 Å². The van der Waals surface area contributed by atoms with Crippen LogP contribution in [-0.4, -0.2) is 29.7 Å². The van der Waals surface area contributed by atoms with Gasteiger partial charge in [0.2, 0.25) is 0 Å². The summed E-state index contributed by atoms with van der Waals surface area (Å²) >= 11 is 0. The van der Waals surface area contributed by atoms with E-state index in [4.69, 9.17) is 15.9 Å². The van der Waals surface area contributed by atoms with E-state index in [0.29, 0.717) is 17.3 Å². The van der Waals surface area contributed by atoms with Gasteiger partial charge in [0, 0.05) is 18.3 Å². The Morgan fingerprint density at radius 3 is 2.38 bits per heavy atom. The quantitative estimate of drug-likeness (QED) is 0.662. The molecule has 0 unspecified atom stereocenters. The molecule has 1 heterocycles. The maximum Gasteiger partial charge on any atom is 0.168 e. The molecule has 0 aromatic carbocycles. The molecule has 5 aliphatic rings. The molecule has 5 rings (SSSR count). The molecule has 0 bridgehead atoms. The predicted molar refractivity (Wildman–Crippen MR) is 100 cm³/mol. The van der Waals surface area contributed by atoms with E-state index in [1.807, 2.05) is 0 Å². The van der Waals surface area contributed by atoms with E-state index >= 15 is 0 Å². The molecular weight excluding hydrogens is 324 g/mol. The number of fused-ring (bicyclic) bond motifs is 5. The minimum Gasteiger partial charge on any atom is -0.377 e. The molecule has 0 aromatic rings. The molecule has 1 saturated heterocycles. The van der Waals surface area contributed by atoms with Gasteiger partial charge in [-0.1, -0.05) is 19.8 Å². The van der Waals surface area contributed by atoms with Gasteiger partial charge in [-0.05, 0) is 74.0 Å². The van der Waals surface area contributed by atoms with Gasteiger partial charge in [-0.25, -0.2) is 0 Å². The molecule has 1 aliphatic heterocycles. The van der Waals surface area contributed by atoms with Crippen LogP contribution >= 0.6 is 0 Å². The van der Waals surface area contributed by atoms with E-state index in [0.717, 1.165) is 57.2 Å². The van der Waals surface area contributed by atoms with Gasteiger partial charge in [0.1, 0.15) is 5.60 Å². The van der Waals surface area contributed by atoms with Gasteiger partial charge in [0.15, 0.2) is 5.79 Å². The first kappa shape index (κ1) is 17.5. The Morgan fingerprint density at radius 2 is 1.65 bits per heavy atom. The van der Waals surface area contributed by atoms with Crippen molar-refractivity contribution < 1.29 is 14.6 Å². The van der Waals surface area contributed by atoms with Gasteiger partial charge >= 0.3 is 0 Å². The molecule has 5 fully saturated rings. The van der Waals surface area contributed by atoms with Crippen LogP contribution in [0.25, 0.3) is 0 Å². The van der Waals surface area contributed by atoms with Crippen molar-refractivity contribution in [2.24, 2.45) is 34.5 Å². The molecule has 4 saturated carbocycles. The zero-order chi connectivity index (χ0) is 18.2. The zero-order valence-corrected chi connectivity index (χ0v) is 16.4. The topological polar surface area (TPSA) is 38.7 Å². The molecule has 0 amide bonds. The summed E-state index contributed by atoms with van der Waals surface area (Å²) in [6, 6.07) is 0. The first-order valence-electron chi connectivity index (χ1n) is 10.8. The number of aliphatic hydroxyl groups is 1. The standard InChI is InChI=1S/C23H34O3/c1-4-22(24)10-8-19-17-6-5-16-15-23(25-13-14-26-23)12-11-20(16,2)18(17)7-9-21(19,22)3/h1,16-19,24H,5-15H2,2-3H3/t16-,17+,18+,19-,20-,21-,22-/m1/s1. The van der Waals surface area contributed by atoms with Gasteiger partial charge < -0.3 is 14.6 Å². The Balaban J connectivity index is 1.42. The Bertz CT molecular complexity index is 632. The average Bonchev–Trinajstić information content (AvgIpc) is 3.19. The maximum atomic E-state index is 11.1. The van der Waals surface area contributed by atoms with Crippen molar-refractivity contribution in [1.29, 1.82) is 0 Å². The van der Waals surface area contributed by atoms with E-state index in [9.17, 15) is 5.11 Å². The van der Waals surface area contributed by atoms with Gasteiger partial charge in [-0.3, -0.25) is 0 Å². The molecule has 1 N–H and O–H groups in total. The summed E-state index contributed by atoms with van der Waals surface area (Å²) < 4.78 is 12.1. The Labute approximate surface area is 158 Å². The number of ether oxygens (including phenoxy) is 2. The van der Waals surface area contributed by atoms with Crippen molar-refractivity contribution >= 4 is 0 Å². The van der Waals surface area contributed by atoms with Crippen LogP contribution in [0.3, 0.4) is 0 Å². The lowest BCUT2D eigenvalue weighted by molar-refractivity contribution is -0.231. The summed E-state index contributed by atoms with van der Waals surface area (Å²) in [5.74, 6) is 5.35. The van der Waals surface area contributed by atoms with Crippen molar-refractivity contribution in [3.63, 3.8) is 0 Å². The third-order valence-corrected chi connectivity index (χ3v) is 9.87. The molecule has 3 heteroatoms. The van der Waals surface area contributed by atoms with Crippen molar-refractivity contribution in [2.75, 3.05) is 13.2 Å². The van der Waals surface area contributed by atoms with Crippen LogP contribution in [0.5, 0.6) is 0 Å². The van der Waals surface area contributed by atoms with E-state index in [1.165, 1.54) is 25.7 Å².